The van der Waals surface area contributed by atoms with Crippen molar-refractivity contribution in [3.63, 3.8) is 0 Å². The molecule has 1 aliphatic heterocycles. The lowest BCUT2D eigenvalue weighted by Gasteiger charge is -2.46. The van der Waals surface area contributed by atoms with Crippen molar-refractivity contribution in [2.75, 3.05) is 18.0 Å². The zero-order chi connectivity index (χ0) is 11.2. The van der Waals surface area contributed by atoms with Gasteiger partial charge in [-0.05, 0) is 19.1 Å². The van der Waals surface area contributed by atoms with Crippen LogP contribution >= 0.6 is 0 Å². The van der Waals surface area contributed by atoms with Crippen LogP contribution in [0, 0.1) is 0 Å². The van der Waals surface area contributed by atoms with Crippen LogP contribution in [-0.2, 0) is 0 Å². The van der Waals surface area contributed by atoms with E-state index in [1.165, 1.54) is 0 Å². The van der Waals surface area contributed by atoms with Crippen molar-refractivity contribution in [1.29, 1.82) is 0 Å². The number of pyridine rings is 1. The van der Waals surface area contributed by atoms with Crippen molar-refractivity contribution < 1.29 is 5.11 Å². The van der Waals surface area contributed by atoms with E-state index in [0.29, 0.717) is 13.1 Å². The standard InChI is InChI=1S/C13H14N2O/c1-13(16)8-15(9-13)12-6-7-14-11-5-3-2-4-10(11)12/h2-7,16H,8-9H2,1H3. The molecule has 0 bridgehead atoms. The minimum absolute atomic E-state index is 0.537. The van der Waals surface area contributed by atoms with Crippen molar-refractivity contribution in [1.82, 2.24) is 4.98 Å². The third kappa shape index (κ3) is 1.44. The molecule has 0 spiro atoms. The van der Waals surface area contributed by atoms with Crippen molar-refractivity contribution in [2.45, 2.75) is 12.5 Å². The van der Waals surface area contributed by atoms with Crippen LogP contribution < -0.4 is 4.90 Å². The molecule has 0 amide bonds. The number of β-amino-alcohol motifs (C(OH)–C–C–N with tert-alkyl or cyclic N) is 1. The largest absolute Gasteiger partial charge is 0.386 e. The van der Waals surface area contributed by atoms with Crippen molar-refractivity contribution in [2.24, 2.45) is 0 Å². The predicted octanol–water partition coefficient (Wildman–Crippen LogP) is 1.81. The van der Waals surface area contributed by atoms with E-state index in [1.54, 1.807) is 0 Å². The highest BCUT2D eigenvalue weighted by molar-refractivity contribution is 5.91. The predicted molar refractivity (Wildman–Crippen MR) is 64.6 cm³/mol. The van der Waals surface area contributed by atoms with E-state index in [1.807, 2.05) is 37.4 Å². The fourth-order valence-corrected chi connectivity index (χ4v) is 2.30. The molecule has 0 saturated carbocycles. The molecule has 0 radical (unpaired) electrons. The van der Waals surface area contributed by atoms with Gasteiger partial charge >= 0.3 is 0 Å². The van der Waals surface area contributed by atoms with Crippen LogP contribution in [0.5, 0.6) is 0 Å². The highest BCUT2D eigenvalue weighted by atomic mass is 16.3. The Bertz CT molecular complexity index is 523. The molecule has 3 nitrogen and oxygen atoms in total. The average molecular weight is 214 g/mol. The van der Waals surface area contributed by atoms with Crippen LogP contribution in [0.3, 0.4) is 0 Å². The molecule has 3 heteroatoms. The van der Waals surface area contributed by atoms with Gasteiger partial charge in [-0.1, -0.05) is 18.2 Å². The maximum atomic E-state index is 9.76. The molecule has 16 heavy (non-hydrogen) atoms. The van der Waals surface area contributed by atoms with Gasteiger partial charge < -0.3 is 10.0 Å². The third-order valence-corrected chi connectivity index (χ3v) is 3.03. The molecular formula is C13H14N2O. The first-order valence-electron chi connectivity index (χ1n) is 5.47. The zero-order valence-electron chi connectivity index (χ0n) is 9.22. The van der Waals surface area contributed by atoms with Crippen LogP contribution in [0.25, 0.3) is 10.9 Å². The van der Waals surface area contributed by atoms with Gasteiger partial charge in [-0.3, -0.25) is 4.98 Å². The molecule has 1 saturated heterocycles. The normalized spacial score (nSPS) is 18.5. The number of aromatic nitrogens is 1. The molecule has 1 N–H and O–H groups in total. The second-order valence-corrected chi connectivity index (χ2v) is 4.70. The molecule has 0 aliphatic carbocycles. The summed E-state index contributed by atoms with van der Waals surface area (Å²) in [6.45, 7) is 3.26. The molecule has 0 unspecified atom stereocenters. The Morgan fingerprint density at radius 2 is 2.00 bits per heavy atom. The fourth-order valence-electron chi connectivity index (χ4n) is 2.30. The summed E-state index contributed by atoms with van der Waals surface area (Å²) in [5, 5.41) is 10.9. The lowest BCUT2D eigenvalue weighted by molar-refractivity contribution is 0.0312. The van der Waals surface area contributed by atoms with E-state index in [-0.39, 0.29) is 0 Å². The van der Waals surface area contributed by atoms with Crippen molar-refractivity contribution in [3.05, 3.63) is 36.5 Å². The van der Waals surface area contributed by atoms with Gasteiger partial charge in [0.15, 0.2) is 0 Å². The van der Waals surface area contributed by atoms with Crippen LogP contribution in [-0.4, -0.2) is 28.8 Å². The quantitative estimate of drug-likeness (QED) is 0.786. The number of hydrogen-bond acceptors (Lipinski definition) is 3. The maximum Gasteiger partial charge on any atom is 0.0967 e. The summed E-state index contributed by atoms with van der Waals surface area (Å²) in [5.74, 6) is 0. The molecular weight excluding hydrogens is 200 g/mol. The van der Waals surface area contributed by atoms with E-state index < -0.39 is 5.60 Å². The SMILES string of the molecule is CC1(O)CN(c2ccnc3ccccc23)C1. The minimum atomic E-state index is -0.537. The lowest BCUT2D eigenvalue weighted by Crippen LogP contribution is -2.60. The van der Waals surface area contributed by atoms with E-state index in [2.05, 4.69) is 16.0 Å². The second-order valence-electron chi connectivity index (χ2n) is 4.70. The summed E-state index contributed by atoms with van der Waals surface area (Å²) in [5.41, 5.74) is 1.63. The highest BCUT2D eigenvalue weighted by Gasteiger charge is 2.37. The number of nitrogens with zero attached hydrogens (tertiary/aromatic N) is 2. The monoisotopic (exact) mass is 214 g/mol. The molecule has 1 aliphatic rings. The molecule has 2 heterocycles. The first kappa shape index (κ1) is 9.60. The number of hydrogen-bond donors (Lipinski definition) is 1. The fraction of sp³-hybridized carbons (Fsp3) is 0.308. The summed E-state index contributed by atoms with van der Waals surface area (Å²) in [6, 6.07) is 10.1. The summed E-state index contributed by atoms with van der Waals surface area (Å²) in [4.78, 5) is 6.51. The van der Waals surface area contributed by atoms with E-state index in [0.717, 1.165) is 16.6 Å². The lowest BCUT2D eigenvalue weighted by atomic mass is 9.95. The molecule has 1 fully saturated rings. The van der Waals surface area contributed by atoms with E-state index in [4.69, 9.17) is 0 Å². The Morgan fingerprint density at radius 3 is 2.75 bits per heavy atom. The van der Waals surface area contributed by atoms with Crippen LogP contribution in [0.2, 0.25) is 0 Å². The first-order chi connectivity index (χ1) is 7.66. The summed E-state index contributed by atoms with van der Waals surface area (Å²) in [7, 11) is 0. The molecule has 1 aromatic carbocycles. The number of fused-ring (bicyclic) bond motifs is 1. The van der Waals surface area contributed by atoms with Gasteiger partial charge in [-0.25, -0.2) is 0 Å². The van der Waals surface area contributed by atoms with Gasteiger partial charge in [0.1, 0.15) is 0 Å². The highest BCUT2D eigenvalue weighted by Crippen LogP contribution is 2.32. The molecule has 0 atom stereocenters. The Labute approximate surface area is 94.3 Å². The minimum Gasteiger partial charge on any atom is -0.386 e. The van der Waals surface area contributed by atoms with Gasteiger partial charge in [-0.15, -0.1) is 0 Å². The Balaban J connectivity index is 2.05. The van der Waals surface area contributed by atoms with Crippen LogP contribution in [0.1, 0.15) is 6.92 Å². The summed E-state index contributed by atoms with van der Waals surface area (Å²) in [6.07, 6.45) is 1.82. The number of aliphatic hydroxyl groups is 1. The maximum absolute atomic E-state index is 9.76. The number of benzene rings is 1. The van der Waals surface area contributed by atoms with Crippen molar-refractivity contribution in [3.8, 4) is 0 Å². The molecule has 3 rings (SSSR count). The molecule has 82 valence electrons. The second kappa shape index (κ2) is 3.19. The van der Waals surface area contributed by atoms with Crippen molar-refractivity contribution >= 4 is 16.6 Å². The van der Waals surface area contributed by atoms with Gasteiger partial charge in [-0.2, -0.15) is 0 Å². The summed E-state index contributed by atoms with van der Waals surface area (Å²) < 4.78 is 0. The smallest absolute Gasteiger partial charge is 0.0967 e. The number of anilines is 1. The Hall–Kier alpha value is -1.61. The Morgan fingerprint density at radius 1 is 1.25 bits per heavy atom. The Kier molecular flexibility index (Phi) is 1.91. The molecule has 1 aromatic heterocycles. The van der Waals surface area contributed by atoms with Crippen LogP contribution in [0.4, 0.5) is 5.69 Å². The van der Waals surface area contributed by atoms with E-state index >= 15 is 0 Å². The third-order valence-electron chi connectivity index (χ3n) is 3.03. The van der Waals surface area contributed by atoms with E-state index in [9.17, 15) is 5.11 Å². The molecule has 2 aromatic rings. The van der Waals surface area contributed by atoms with Gasteiger partial charge in [0.05, 0.1) is 11.1 Å². The zero-order valence-corrected chi connectivity index (χ0v) is 9.22. The van der Waals surface area contributed by atoms with Gasteiger partial charge in [0.25, 0.3) is 0 Å². The topological polar surface area (TPSA) is 36.4 Å². The summed E-state index contributed by atoms with van der Waals surface area (Å²) >= 11 is 0. The number of rotatable bonds is 1. The van der Waals surface area contributed by atoms with Crippen LogP contribution in [0.15, 0.2) is 36.5 Å². The van der Waals surface area contributed by atoms with Gasteiger partial charge in [0.2, 0.25) is 0 Å². The average Bonchev–Trinajstić information content (AvgIpc) is 2.25. The number of para-hydroxylation sites is 1. The first-order valence-corrected chi connectivity index (χ1v) is 5.47. The van der Waals surface area contributed by atoms with Gasteiger partial charge in [0, 0.05) is 30.4 Å².